The van der Waals surface area contributed by atoms with Crippen LogP contribution in [0.2, 0.25) is 0 Å². The summed E-state index contributed by atoms with van der Waals surface area (Å²) >= 11 is 0. The van der Waals surface area contributed by atoms with Crippen LogP contribution in [0.4, 0.5) is 0 Å². The van der Waals surface area contributed by atoms with Gasteiger partial charge in [-0.3, -0.25) is 9.79 Å². The van der Waals surface area contributed by atoms with E-state index in [1.54, 1.807) is 7.05 Å². The number of nitrogens with one attached hydrogen (secondary N) is 3. The van der Waals surface area contributed by atoms with Gasteiger partial charge in [0.25, 0.3) is 5.91 Å². The molecule has 0 fully saturated rings. The Hall–Kier alpha value is -3.22. The van der Waals surface area contributed by atoms with Gasteiger partial charge < -0.3 is 25.4 Å². The molecule has 0 aliphatic heterocycles. The summed E-state index contributed by atoms with van der Waals surface area (Å²) in [4.78, 5) is 15.8. The third-order valence-corrected chi connectivity index (χ3v) is 4.29. The van der Waals surface area contributed by atoms with Crippen LogP contribution in [0.25, 0.3) is 0 Å². The standard InChI is InChI=1S/C23H32N4O3/c1-5-25-22(28)16-30-20-9-7-8-18(13-20)14-26-23(24-4)27-15-19-11-10-17(3)12-21(19)29-6-2/h7-13H,5-6,14-16H2,1-4H3,(H,25,28)(H2,24,26,27). The molecule has 0 radical (unpaired) electrons. The Morgan fingerprint density at radius 2 is 1.80 bits per heavy atom. The van der Waals surface area contributed by atoms with Crippen molar-refractivity contribution in [3.8, 4) is 11.5 Å². The van der Waals surface area contributed by atoms with Crippen LogP contribution in [-0.2, 0) is 17.9 Å². The largest absolute Gasteiger partial charge is 0.494 e. The van der Waals surface area contributed by atoms with Crippen molar-refractivity contribution in [1.82, 2.24) is 16.0 Å². The molecule has 1 amide bonds. The van der Waals surface area contributed by atoms with E-state index in [2.05, 4.69) is 33.1 Å². The SMILES string of the molecule is CCNC(=O)COc1cccc(CNC(=NC)NCc2ccc(C)cc2OCC)c1. The van der Waals surface area contributed by atoms with Crippen molar-refractivity contribution in [2.75, 3.05) is 26.8 Å². The second-order valence-corrected chi connectivity index (χ2v) is 6.71. The van der Waals surface area contributed by atoms with E-state index in [9.17, 15) is 4.79 Å². The van der Waals surface area contributed by atoms with E-state index in [0.717, 1.165) is 16.9 Å². The lowest BCUT2D eigenvalue weighted by molar-refractivity contribution is -0.122. The van der Waals surface area contributed by atoms with E-state index in [0.29, 0.717) is 38.0 Å². The maximum absolute atomic E-state index is 11.5. The molecule has 2 aromatic carbocycles. The number of carbonyl (C=O) groups is 1. The molecule has 2 aromatic rings. The van der Waals surface area contributed by atoms with Gasteiger partial charge in [0, 0.05) is 32.2 Å². The summed E-state index contributed by atoms with van der Waals surface area (Å²) in [5.41, 5.74) is 3.27. The van der Waals surface area contributed by atoms with Crippen molar-refractivity contribution in [2.24, 2.45) is 4.99 Å². The second-order valence-electron chi connectivity index (χ2n) is 6.71. The number of hydrogen-bond donors (Lipinski definition) is 3. The van der Waals surface area contributed by atoms with Crippen LogP contribution in [-0.4, -0.2) is 38.7 Å². The van der Waals surface area contributed by atoms with Crippen LogP contribution in [0.3, 0.4) is 0 Å². The van der Waals surface area contributed by atoms with Gasteiger partial charge in [-0.15, -0.1) is 0 Å². The van der Waals surface area contributed by atoms with Crippen molar-refractivity contribution in [1.29, 1.82) is 0 Å². The zero-order valence-corrected chi connectivity index (χ0v) is 18.2. The minimum absolute atomic E-state index is 0.00661. The van der Waals surface area contributed by atoms with E-state index in [4.69, 9.17) is 9.47 Å². The fourth-order valence-corrected chi connectivity index (χ4v) is 2.83. The minimum Gasteiger partial charge on any atom is -0.494 e. The van der Waals surface area contributed by atoms with E-state index in [1.165, 1.54) is 5.56 Å². The normalized spacial score (nSPS) is 11.0. The topological polar surface area (TPSA) is 84.0 Å². The zero-order chi connectivity index (χ0) is 21.8. The van der Waals surface area contributed by atoms with E-state index >= 15 is 0 Å². The summed E-state index contributed by atoms with van der Waals surface area (Å²) in [7, 11) is 1.74. The number of hydrogen-bond acceptors (Lipinski definition) is 4. The number of benzene rings is 2. The number of aliphatic imine (C=N–C) groups is 1. The van der Waals surface area contributed by atoms with Gasteiger partial charge in [0.2, 0.25) is 0 Å². The van der Waals surface area contributed by atoms with E-state index < -0.39 is 0 Å². The maximum atomic E-state index is 11.5. The maximum Gasteiger partial charge on any atom is 0.257 e. The average Bonchev–Trinajstić information content (AvgIpc) is 2.74. The molecule has 2 rings (SSSR count). The Bertz CT molecular complexity index is 852. The smallest absolute Gasteiger partial charge is 0.257 e. The summed E-state index contributed by atoms with van der Waals surface area (Å²) in [6, 6.07) is 13.8. The molecule has 3 N–H and O–H groups in total. The summed E-state index contributed by atoms with van der Waals surface area (Å²) in [6.07, 6.45) is 0. The van der Waals surface area contributed by atoms with Crippen LogP contribution >= 0.6 is 0 Å². The van der Waals surface area contributed by atoms with Crippen molar-refractivity contribution in [2.45, 2.75) is 33.9 Å². The zero-order valence-electron chi connectivity index (χ0n) is 18.2. The predicted octanol–water partition coefficient (Wildman–Crippen LogP) is 2.77. The molecule has 7 nitrogen and oxygen atoms in total. The van der Waals surface area contributed by atoms with E-state index in [1.807, 2.05) is 51.1 Å². The Morgan fingerprint density at radius 1 is 1.00 bits per heavy atom. The third kappa shape index (κ3) is 7.66. The molecule has 0 atom stereocenters. The van der Waals surface area contributed by atoms with Gasteiger partial charge in [-0.05, 0) is 50.1 Å². The first-order valence-electron chi connectivity index (χ1n) is 10.2. The van der Waals surface area contributed by atoms with Gasteiger partial charge >= 0.3 is 0 Å². The van der Waals surface area contributed by atoms with Gasteiger partial charge in [0.15, 0.2) is 12.6 Å². The quantitative estimate of drug-likeness (QED) is 0.413. The lowest BCUT2D eigenvalue weighted by Gasteiger charge is -2.15. The molecule has 0 heterocycles. The van der Waals surface area contributed by atoms with Crippen LogP contribution in [0.5, 0.6) is 11.5 Å². The number of amides is 1. The number of nitrogens with zero attached hydrogens (tertiary/aromatic N) is 1. The van der Waals surface area contributed by atoms with Gasteiger partial charge in [-0.25, -0.2) is 0 Å². The summed E-state index contributed by atoms with van der Waals surface area (Å²) < 4.78 is 11.3. The van der Waals surface area contributed by atoms with Gasteiger partial charge in [-0.2, -0.15) is 0 Å². The molecule has 0 bridgehead atoms. The van der Waals surface area contributed by atoms with Crippen molar-refractivity contribution in [3.63, 3.8) is 0 Å². The Kier molecular flexibility index (Phi) is 9.51. The highest BCUT2D eigenvalue weighted by atomic mass is 16.5. The Balaban J connectivity index is 1.89. The predicted molar refractivity (Wildman–Crippen MR) is 120 cm³/mol. The van der Waals surface area contributed by atoms with Crippen LogP contribution in [0.1, 0.15) is 30.5 Å². The summed E-state index contributed by atoms with van der Waals surface area (Å²) in [6.45, 7) is 8.31. The molecule has 0 saturated carbocycles. The second kappa shape index (κ2) is 12.4. The third-order valence-electron chi connectivity index (χ3n) is 4.29. The lowest BCUT2D eigenvalue weighted by atomic mass is 10.1. The molecule has 0 saturated heterocycles. The molecule has 0 spiro atoms. The van der Waals surface area contributed by atoms with Gasteiger partial charge in [-0.1, -0.05) is 24.3 Å². The number of likely N-dealkylation sites (N-methyl/N-ethyl adjacent to an activating group) is 1. The van der Waals surface area contributed by atoms with Crippen LogP contribution < -0.4 is 25.4 Å². The first-order valence-corrected chi connectivity index (χ1v) is 10.2. The molecule has 30 heavy (non-hydrogen) atoms. The number of ether oxygens (including phenoxy) is 2. The number of aryl methyl sites for hydroxylation is 1. The molecule has 0 aliphatic rings. The highest BCUT2D eigenvalue weighted by Crippen LogP contribution is 2.20. The van der Waals surface area contributed by atoms with Crippen molar-refractivity contribution < 1.29 is 14.3 Å². The highest BCUT2D eigenvalue weighted by Gasteiger charge is 2.06. The lowest BCUT2D eigenvalue weighted by Crippen LogP contribution is -2.36. The molecular formula is C23H32N4O3. The van der Waals surface area contributed by atoms with E-state index in [-0.39, 0.29) is 12.5 Å². The number of guanidine groups is 1. The highest BCUT2D eigenvalue weighted by molar-refractivity contribution is 5.79. The minimum atomic E-state index is -0.131. The molecule has 0 unspecified atom stereocenters. The molecule has 0 aromatic heterocycles. The number of rotatable bonds is 10. The van der Waals surface area contributed by atoms with Crippen LogP contribution in [0, 0.1) is 6.92 Å². The first-order chi connectivity index (χ1) is 14.5. The molecule has 162 valence electrons. The number of carbonyl (C=O) groups excluding carboxylic acids is 1. The first kappa shape index (κ1) is 23.1. The summed E-state index contributed by atoms with van der Waals surface area (Å²) in [5.74, 6) is 2.10. The fourth-order valence-electron chi connectivity index (χ4n) is 2.83. The Morgan fingerprint density at radius 3 is 2.53 bits per heavy atom. The molecule has 0 aliphatic carbocycles. The summed E-state index contributed by atoms with van der Waals surface area (Å²) in [5, 5.41) is 9.32. The van der Waals surface area contributed by atoms with Crippen molar-refractivity contribution in [3.05, 3.63) is 59.2 Å². The Labute approximate surface area is 178 Å². The van der Waals surface area contributed by atoms with Gasteiger partial charge in [0.1, 0.15) is 11.5 Å². The van der Waals surface area contributed by atoms with Crippen LogP contribution in [0.15, 0.2) is 47.5 Å². The van der Waals surface area contributed by atoms with Crippen molar-refractivity contribution >= 4 is 11.9 Å². The van der Waals surface area contributed by atoms with Gasteiger partial charge in [0.05, 0.1) is 6.61 Å². The molecule has 7 heteroatoms. The average molecular weight is 413 g/mol. The monoisotopic (exact) mass is 412 g/mol. The fraction of sp³-hybridized carbons (Fsp3) is 0.391. The molecular weight excluding hydrogens is 380 g/mol.